The van der Waals surface area contributed by atoms with E-state index >= 15 is 0 Å². The van der Waals surface area contributed by atoms with Gasteiger partial charge < -0.3 is 0 Å². The van der Waals surface area contributed by atoms with Gasteiger partial charge in [0.25, 0.3) is 11.4 Å². The zero-order valence-corrected chi connectivity index (χ0v) is 9.26. The summed E-state index contributed by atoms with van der Waals surface area (Å²) in [7, 11) is 0. The highest BCUT2D eigenvalue weighted by Gasteiger charge is 2.29. The lowest BCUT2D eigenvalue weighted by molar-refractivity contribution is -0.433. The number of allylic oxidation sites excluding steroid dienone is 4. The van der Waals surface area contributed by atoms with Gasteiger partial charge in [0, 0.05) is 17.6 Å². The third-order valence-corrected chi connectivity index (χ3v) is 2.34. The third kappa shape index (κ3) is 2.33. The van der Waals surface area contributed by atoms with E-state index in [-0.39, 0.29) is 17.0 Å². The van der Waals surface area contributed by atoms with Crippen molar-refractivity contribution in [1.29, 1.82) is 0 Å². The first kappa shape index (κ1) is 12.1. The summed E-state index contributed by atoms with van der Waals surface area (Å²) >= 11 is 0. The fraction of sp³-hybridized carbons (Fsp3) is 0.400. The Labute approximate surface area is 92.3 Å². The molecule has 6 heteroatoms. The molecule has 1 aliphatic rings. The second kappa shape index (κ2) is 3.88. The Morgan fingerprint density at radius 2 is 1.75 bits per heavy atom. The second-order valence-corrected chi connectivity index (χ2v) is 4.21. The molecule has 86 valence electrons. The molecule has 0 spiro atoms. The maximum Gasteiger partial charge on any atom is 0.278 e. The van der Waals surface area contributed by atoms with E-state index < -0.39 is 15.3 Å². The van der Waals surface area contributed by atoms with E-state index in [2.05, 4.69) is 0 Å². The van der Waals surface area contributed by atoms with Crippen molar-refractivity contribution in [3.63, 3.8) is 0 Å². The Morgan fingerprint density at radius 3 is 2.19 bits per heavy atom. The van der Waals surface area contributed by atoms with Crippen LogP contribution in [0.15, 0.2) is 35.2 Å². The van der Waals surface area contributed by atoms with Gasteiger partial charge in [-0.2, -0.15) is 0 Å². The molecule has 0 amide bonds. The van der Waals surface area contributed by atoms with Crippen LogP contribution < -0.4 is 0 Å². The smallest absolute Gasteiger partial charge is 0.258 e. The molecule has 16 heavy (non-hydrogen) atoms. The van der Waals surface area contributed by atoms with E-state index in [9.17, 15) is 20.2 Å². The van der Waals surface area contributed by atoms with Crippen molar-refractivity contribution in [2.45, 2.75) is 20.8 Å². The Hall–Kier alpha value is -1.98. The lowest BCUT2D eigenvalue weighted by Gasteiger charge is -2.11. The average Bonchev–Trinajstić information content (AvgIpc) is 2.23. The first-order valence-corrected chi connectivity index (χ1v) is 4.67. The van der Waals surface area contributed by atoms with E-state index in [1.807, 2.05) is 0 Å². The quantitative estimate of drug-likeness (QED) is 0.531. The maximum atomic E-state index is 10.8. The van der Waals surface area contributed by atoms with Gasteiger partial charge in [0.1, 0.15) is 5.57 Å². The van der Waals surface area contributed by atoms with E-state index in [0.717, 1.165) is 0 Å². The van der Waals surface area contributed by atoms with Crippen LogP contribution in [0.2, 0.25) is 0 Å². The van der Waals surface area contributed by atoms with Gasteiger partial charge in [-0.3, -0.25) is 20.2 Å². The molecule has 0 aromatic rings. The number of hydrogen-bond acceptors (Lipinski definition) is 4. The van der Waals surface area contributed by atoms with Gasteiger partial charge in [-0.15, -0.1) is 0 Å². The molecule has 0 unspecified atom stereocenters. The summed E-state index contributed by atoms with van der Waals surface area (Å²) in [6.45, 7) is 4.89. The van der Waals surface area contributed by atoms with Gasteiger partial charge in [-0.25, -0.2) is 0 Å². The van der Waals surface area contributed by atoms with E-state index in [1.165, 1.54) is 19.1 Å². The zero-order chi connectivity index (χ0) is 12.5. The van der Waals surface area contributed by atoms with Crippen LogP contribution in [0.1, 0.15) is 20.8 Å². The molecule has 0 heterocycles. The molecule has 1 aliphatic carbocycles. The maximum absolute atomic E-state index is 10.8. The van der Waals surface area contributed by atoms with Crippen molar-refractivity contribution >= 4 is 0 Å². The van der Waals surface area contributed by atoms with Gasteiger partial charge in [-0.05, 0) is 6.92 Å². The SMILES string of the molecule is CC1=C([N+](=O)[O-])C=CC(C)(C)C=C1[N+](=O)[O-]. The second-order valence-electron chi connectivity index (χ2n) is 4.21. The molecular weight excluding hydrogens is 212 g/mol. The van der Waals surface area contributed by atoms with Crippen LogP contribution in [0.25, 0.3) is 0 Å². The Morgan fingerprint density at radius 1 is 1.19 bits per heavy atom. The lowest BCUT2D eigenvalue weighted by atomic mass is 9.92. The molecule has 0 aromatic carbocycles. The number of rotatable bonds is 2. The van der Waals surface area contributed by atoms with Gasteiger partial charge in [-0.1, -0.05) is 19.9 Å². The summed E-state index contributed by atoms with van der Waals surface area (Å²) in [5, 5.41) is 21.6. The summed E-state index contributed by atoms with van der Waals surface area (Å²) in [5.41, 5.74) is -0.923. The fourth-order valence-corrected chi connectivity index (χ4v) is 1.45. The summed E-state index contributed by atoms with van der Waals surface area (Å²) in [4.78, 5) is 20.4. The largest absolute Gasteiger partial charge is 0.278 e. The van der Waals surface area contributed by atoms with Crippen LogP contribution in [-0.2, 0) is 0 Å². The summed E-state index contributed by atoms with van der Waals surface area (Å²) in [6.07, 6.45) is 4.34. The molecule has 0 atom stereocenters. The van der Waals surface area contributed by atoms with Crippen molar-refractivity contribution < 1.29 is 9.85 Å². The topological polar surface area (TPSA) is 86.3 Å². The Balaban J connectivity index is 3.43. The van der Waals surface area contributed by atoms with Crippen LogP contribution in [0.3, 0.4) is 0 Å². The minimum atomic E-state index is -0.607. The number of hydrogen-bond donors (Lipinski definition) is 0. The summed E-state index contributed by atoms with van der Waals surface area (Å²) in [6, 6.07) is 0. The molecule has 0 aliphatic heterocycles. The monoisotopic (exact) mass is 224 g/mol. The van der Waals surface area contributed by atoms with Gasteiger partial charge in [0.15, 0.2) is 0 Å². The van der Waals surface area contributed by atoms with Crippen molar-refractivity contribution in [3.05, 3.63) is 55.4 Å². The highest BCUT2D eigenvalue weighted by molar-refractivity contribution is 5.37. The van der Waals surface area contributed by atoms with Gasteiger partial charge in [0.05, 0.1) is 9.85 Å². The van der Waals surface area contributed by atoms with Crippen molar-refractivity contribution in [2.24, 2.45) is 5.41 Å². The van der Waals surface area contributed by atoms with Gasteiger partial charge >= 0.3 is 0 Å². The third-order valence-electron chi connectivity index (χ3n) is 2.34. The highest BCUT2D eigenvalue weighted by atomic mass is 16.6. The van der Waals surface area contributed by atoms with Crippen LogP contribution in [0.4, 0.5) is 0 Å². The molecule has 1 rings (SSSR count). The standard InChI is InChI=1S/C10H12N2O4/c1-7-8(11(13)14)4-5-10(2,3)6-9(7)12(15)16/h4-6H,1-3H3. The molecule has 6 nitrogen and oxygen atoms in total. The van der Waals surface area contributed by atoms with Crippen molar-refractivity contribution in [1.82, 2.24) is 0 Å². The predicted octanol–water partition coefficient (Wildman–Crippen LogP) is 2.29. The molecule has 0 saturated carbocycles. The first-order valence-electron chi connectivity index (χ1n) is 4.67. The summed E-state index contributed by atoms with van der Waals surface area (Å²) < 4.78 is 0. The highest BCUT2D eigenvalue weighted by Crippen LogP contribution is 2.30. The van der Waals surface area contributed by atoms with E-state index in [1.54, 1.807) is 19.9 Å². The first-order chi connectivity index (χ1) is 7.24. The number of nitro groups is 2. The Bertz CT molecular complexity index is 444. The lowest BCUT2D eigenvalue weighted by Crippen LogP contribution is -2.08. The van der Waals surface area contributed by atoms with E-state index in [0.29, 0.717) is 0 Å². The normalized spacial score (nSPS) is 19.1. The Kier molecular flexibility index (Phi) is 2.93. The van der Waals surface area contributed by atoms with Gasteiger partial charge in [0.2, 0.25) is 0 Å². The zero-order valence-electron chi connectivity index (χ0n) is 9.26. The van der Waals surface area contributed by atoms with Crippen LogP contribution in [0, 0.1) is 25.6 Å². The molecular formula is C10H12N2O4. The summed E-state index contributed by atoms with van der Waals surface area (Å²) in [5.74, 6) is 0. The molecule has 0 saturated heterocycles. The molecule has 0 bridgehead atoms. The number of nitrogens with zero attached hydrogens (tertiary/aromatic N) is 2. The molecule has 0 aromatic heterocycles. The minimum absolute atomic E-state index is 0.0804. The van der Waals surface area contributed by atoms with Crippen molar-refractivity contribution in [3.8, 4) is 0 Å². The predicted molar refractivity (Wildman–Crippen MR) is 57.7 cm³/mol. The molecule has 0 N–H and O–H groups in total. The van der Waals surface area contributed by atoms with Crippen LogP contribution >= 0.6 is 0 Å². The minimum Gasteiger partial charge on any atom is -0.258 e. The van der Waals surface area contributed by atoms with Crippen molar-refractivity contribution in [2.75, 3.05) is 0 Å². The van der Waals surface area contributed by atoms with Crippen LogP contribution in [-0.4, -0.2) is 9.85 Å². The fourth-order valence-electron chi connectivity index (χ4n) is 1.45. The molecule has 0 radical (unpaired) electrons. The van der Waals surface area contributed by atoms with E-state index in [4.69, 9.17) is 0 Å². The molecule has 0 fully saturated rings. The average molecular weight is 224 g/mol. The van der Waals surface area contributed by atoms with Crippen LogP contribution in [0.5, 0.6) is 0 Å².